The average Bonchev–Trinajstić information content (AvgIpc) is 2.56. The number of nitrogens with zero attached hydrogens (tertiary/aromatic N) is 2. The second kappa shape index (κ2) is 9.72. The van der Waals surface area contributed by atoms with Gasteiger partial charge in [-0.05, 0) is 43.6 Å². The predicted octanol–water partition coefficient (Wildman–Crippen LogP) is 3.05. The first kappa shape index (κ1) is 20.4. The Morgan fingerprint density at radius 2 is 2.12 bits per heavy atom. The number of carbonyl (C=O) groups excluding carboxylic acids is 1. The molecule has 5 nitrogen and oxygen atoms in total. The van der Waals surface area contributed by atoms with Crippen LogP contribution in [0.25, 0.3) is 0 Å². The fourth-order valence-electron chi connectivity index (χ4n) is 3.48. The molecule has 144 valence electrons. The minimum Gasteiger partial charge on any atom is -0.464 e. The standard InChI is InChI=1S/C21H32N2O3/c1-5-7-18-13-22(14-18)11-10-17-8-9-20(24)23(15-17)19(12-16(3)4)21(25)26-6-2/h5,8-9,15-16,18-19H,1,6-7,10-14H2,2-4H3. The minimum atomic E-state index is -0.552. The maximum Gasteiger partial charge on any atom is 0.329 e. The van der Waals surface area contributed by atoms with E-state index in [1.165, 1.54) is 0 Å². The number of esters is 1. The van der Waals surface area contributed by atoms with E-state index in [0.29, 0.717) is 18.9 Å². The van der Waals surface area contributed by atoms with E-state index in [-0.39, 0.29) is 11.5 Å². The van der Waals surface area contributed by atoms with Crippen molar-refractivity contribution in [3.05, 3.63) is 46.9 Å². The van der Waals surface area contributed by atoms with E-state index < -0.39 is 6.04 Å². The number of likely N-dealkylation sites (tertiary alicyclic amines) is 1. The van der Waals surface area contributed by atoms with Gasteiger partial charge in [0, 0.05) is 31.9 Å². The fraction of sp³-hybridized carbons (Fsp3) is 0.619. The smallest absolute Gasteiger partial charge is 0.329 e. The summed E-state index contributed by atoms with van der Waals surface area (Å²) >= 11 is 0. The lowest BCUT2D eigenvalue weighted by atomic mass is 9.96. The number of aromatic nitrogens is 1. The summed E-state index contributed by atoms with van der Waals surface area (Å²) in [6.07, 6.45) is 6.38. The number of ether oxygens (including phenoxy) is 1. The minimum absolute atomic E-state index is 0.151. The van der Waals surface area contributed by atoms with Crippen LogP contribution in [0.15, 0.2) is 35.8 Å². The number of rotatable bonds is 10. The maximum atomic E-state index is 12.4. The number of allylic oxidation sites excluding steroid dienone is 1. The molecule has 2 heterocycles. The Hall–Kier alpha value is -1.88. The van der Waals surface area contributed by atoms with Crippen molar-refractivity contribution in [3.8, 4) is 0 Å². The average molecular weight is 360 g/mol. The summed E-state index contributed by atoms with van der Waals surface area (Å²) in [7, 11) is 0. The molecule has 1 aromatic rings. The Balaban J connectivity index is 2.05. The van der Waals surface area contributed by atoms with Gasteiger partial charge in [-0.25, -0.2) is 4.79 Å². The van der Waals surface area contributed by atoms with Crippen LogP contribution in [0.4, 0.5) is 0 Å². The summed E-state index contributed by atoms with van der Waals surface area (Å²) in [6.45, 7) is 13.2. The highest BCUT2D eigenvalue weighted by Gasteiger charge is 2.26. The quantitative estimate of drug-likeness (QED) is 0.475. The Kier molecular flexibility index (Phi) is 7.64. The molecule has 0 saturated carbocycles. The molecule has 0 aliphatic carbocycles. The molecule has 1 aromatic heterocycles. The topological polar surface area (TPSA) is 51.5 Å². The van der Waals surface area contributed by atoms with Crippen molar-refractivity contribution in [1.29, 1.82) is 0 Å². The van der Waals surface area contributed by atoms with Crippen molar-refractivity contribution in [2.24, 2.45) is 11.8 Å². The monoisotopic (exact) mass is 360 g/mol. The highest BCUT2D eigenvalue weighted by Crippen LogP contribution is 2.21. The van der Waals surface area contributed by atoms with E-state index in [1.807, 2.05) is 32.2 Å². The zero-order chi connectivity index (χ0) is 19.1. The lowest BCUT2D eigenvalue weighted by Gasteiger charge is -2.39. The second-order valence-electron chi connectivity index (χ2n) is 7.58. The van der Waals surface area contributed by atoms with Gasteiger partial charge in [0.25, 0.3) is 5.56 Å². The Morgan fingerprint density at radius 1 is 1.38 bits per heavy atom. The van der Waals surface area contributed by atoms with Crippen LogP contribution in [0.2, 0.25) is 0 Å². The van der Waals surface area contributed by atoms with Crippen LogP contribution in [-0.2, 0) is 16.0 Å². The molecule has 5 heteroatoms. The summed E-state index contributed by atoms with van der Waals surface area (Å²) in [5.41, 5.74) is 0.928. The summed E-state index contributed by atoms with van der Waals surface area (Å²) in [6, 6.07) is 2.89. The lowest BCUT2D eigenvalue weighted by molar-refractivity contribution is -0.147. The molecule has 0 bridgehead atoms. The molecule has 1 saturated heterocycles. The van der Waals surface area contributed by atoms with E-state index in [0.717, 1.165) is 44.0 Å². The van der Waals surface area contributed by atoms with Gasteiger partial charge in [0.05, 0.1) is 6.61 Å². The van der Waals surface area contributed by atoms with Gasteiger partial charge in [0.15, 0.2) is 0 Å². The zero-order valence-electron chi connectivity index (χ0n) is 16.3. The molecule has 0 aromatic carbocycles. The van der Waals surface area contributed by atoms with Gasteiger partial charge in [0.1, 0.15) is 6.04 Å². The number of carbonyl (C=O) groups is 1. The zero-order valence-corrected chi connectivity index (χ0v) is 16.3. The van der Waals surface area contributed by atoms with Crippen LogP contribution in [0.1, 0.15) is 45.2 Å². The predicted molar refractivity (Wildman–Crippen MR) is 104 cm³/mol. The first-order valence-electron chi connectivity index (χ1n) is 9.65. The van der Waals surface area contributed by atoms with E-state index in [1.54, 1.807) is 17.6 Å². The molecule has 0 N–H and O–H groups in total. The van der Waals surface area contributed by atoms with Crippen LogP contribution in [0.3, 0.4) is 0 Å². The second-order valence-corrected chi connectivity index (χ2v) is 7.58. The third-order valence-electron chi connectivity index (χ3n) is 4.84. The first-order valence-corrected chi connectivity index (χ1v) is 9.65. The van der Waals surface area contributed by atoms with E-state index in [4.69, 9.17) is 4.74 Å². The summed E-state index contributed by atoms with van der Waals surface area (Å²) < 4.78 is 6.76. The first-order chi connectivity index (χ1) is 12.4. The van der Waals surface area contributed by atoms with Crippen molar-refractivity contribution in [2.75, 3.05) is 26.2 Å². The summed E-state index contributed by atoms with van der Waals surface area (Å²) in [5.74, 6) is 0.707. The summed E-state index contributed by atoms with van der Waals surface area (Å²) in [4.78, 5) is 27.1. The molecular weight excluding hydrogens is 328 g/mol. The molecule has 2 rings (SSSR count). The van der Waals surface area contributed by atoms with Crippen molar-refractivity contribution in [3.63, 3.8) is 0 Å². The number of hydrogen-bond acceptors (Lipinski definition) is 4. The van der Waals surface area contributed by atoms with Crippen molar-refractivity contribution >= 4 is 5.97 Å². The molecule has 26 heavy (non-hydrogen) atoms. The van der Waals surface area contributed by atoms with Gasteiger partial charge in [-0.1, -0.05) is 26.0 Å². The maximum absolute atomic E-state index is 12.4. The highest BCUT2D eigenvalue weighted by atomic mass is 16.5. The van der Waals surface area contributed by atoms with Crippen molar-refractivity contribution in [1.82, 2.24) is 9.47 Å². The normalized spacial score (nSPS) is 16.3. The SMILES string of the molecule is C=CCC1CN(CCc2ccc(=O)n(C(CC(C)C)C(=O)OCC)c2)C1. The molecule has 1 fully saturated rings. The van der Waals surface area contributed by atoms with E-state index >= 15 is 0 Å². The van der Waals surface area contributed by atoms with Crippen LogP contribution in [0, 0.1) is 11.8 Å². The number of hydrogen-bond donors (Lipinski definition) is 0. The van der Waals surface area contributed by atoms with Crippen LogP contribution in [-0.4, -0.2) is 41.7 Å². The van der Waals surface area contributed by atoms with Gasteiger partial charge in [-0.2, -0.15) is 0 Å². The van der Waals surface area contributed by atoms with Gasteiger partial charge in [-0.3, -0.25) is 4.79 Å². The molecule has 1 unspecified atom stereocenters. The van der Waals surface area contributed by atoms with Crippen LogP contribution < -0.4 is 5.56 Å². The lowest BCUT2D eigenvalue weighted by Crippen LogP contribution is -2.47. The van der Waals surface area contributed by atoms with Gasteiger partial charge >= 0.3 is 5.97 Å². The molecule has 0 amide bonds. The Bertz CT molecular complexity index is 659. The summed E-state index contributed by atoms with van der Waals surface area (Å²) in [5, 5.41) is 0. The molecule has 1 atom stereocenters. The van der Waals surface area contributed by atoms with Gasteiger partial charge in [-0.15, -0.1) is 6.58 Å². The third-order valence-corrected chi connectivity index (χ3v) is 4.84. The van der Waals surface area contributed by atoms with Crippen molar-refractivity contribution < 1.29 is 9.53 Å². The molecular formula is C21H32N2O3. The Labute approximate surface area is 156 Å². The highest BCUT2D eigenvalue weighted by molar-refractivity contribution is 5.74. The van der Waals surface area contributed by atoms with E-state index in [9.17, 15) is 9.59 Å². The van der Waals surface area contributed by atoms with Gasteiger partial charge < -0.3 is 14.2 Å². The fourth-order valence-corrected chi connectivity index (χ4v) is 3.48. The van der Waals surface area contributed by atoms with Crippen LogP contribution >= 0.6 is 0 Å². The molecule has 0 spiro atoms. The third kappa shape index (κ3) is 5.56. The Morgan fingerprint density at radius 3 is 2.73 bits per heavy atom. The van der Waals surface area contributed by atoms with Crippen molar-refractivity contribution in [2.45, 2.75) is 46.1 Å². The number of pyridine rings is 1. The van der Waals surface area contributed by atoms with Crippen LogP contribution in [0.5, 0.6) is 0 Å². The van der Waals surface area contributed by atoms with E-state index in [2.05, 4.69) is 11.5 Å². The molecule has 1 aliphatic rings. The largest absolute Gasteiger partial charge is 0.464 e. The van der Waals surface area contributed by atoms with Gasteiger partial charge in [0.2, 0.25) is 0 Å². The molecule has 0 radical (unpaired) electrons. The molecule has 1 aliphatic heterocycles.